The number of aromatic carboxylic acids is 1. The number of rotatable bonds is 3. The number of hydrogen-bond donors (Lipinski definition) is 1. The molecule has 23 heavy (non-hydrogen) atoms. The van der Waals surface area contributed by atoms with Crippen molar-refractivity contribution < 1.29 is 18.7 Å². The van der Waals surface area contributed by atoms with Crippen LogP contribution in [0.1, 0.15) is 22.3 Å². The van der Waals surface area contributed by atoms with Crippen molar-refractivity contribution in [2.24, 2.45) is 0 Å². The predicted octanol–water partition coefficient (Wildman–Crippen LogP) is 5.30. The summed E-state index contributed by atoms with van der Waals surface area (Å²) >= 11 is 3.27. The number of carbonyl (C=O) groups is 1. The van der Waals surface area contributed by atoms with Crippen LogP contribution in [-0.4, -0.2) is 16.1 Å². The number of aromatic nitrogens is 1. The number of fused-ring (bicyclic) bond motifs is 1. The number of carboxylic acids is 1. The highest BCUT2D eigenvalue weighted by atomic mass is 79.9. The highest BCUT2D eigenvalue weighted by molar-refractivity contribution is 9.10. The van der Waals surface area contributed by atoms with Crippen LogP contribution >= 0.6 is 15.9 Å². The van der Waals surface area contributed by atoms with E-state index >= 15 is 0 Å². The highest BCUT2D eigenvalue weighted by Crippen LogP contribution is 2.28. The van der Waals surface area contributed by atoms with Crippen LogP contribution in [-0.2, 0) is 0 Å². The average Bonchev–Trinajstić information content (AvgIpc) is 2.53. The Bertz CT molecular complexity index is 912. The van der Waals surface area contributed by atoms with Gasteiger partial charge in [-0.05, 0) is 24.3 Å². The van der Waals surface area contributed by atoms with Crippen molar-refractivity contribution in [3.63, 3.8) is 0 Å². The van der Waals surface area contributed by atoms with Gasteiger partial charge in [0.25, 0.3) is 6.43 Å². The molecule has 3 nitrogen and oxygen atoms in total. The van der Waals surface area contributed by atoms with E-state index < -0.39 is 12.4 Å². The molecule has 0 aliphatic carbocycles. The van der Waals surface area contributed by atoms with Crippen molar-refractivity contribution in [1.29, 1.82) is 0 Å². The summed E-state index contributed by atoms with van der Waals surface area (Å²) in [5.41, 5.74) is 1.24. The third-order valence-corrected chi connectivity index (χ3v) is 3.88. The van der Waals surface area contributed by atoms with Crippen molar-refractivity contribution in [3.8, 4) is 11.3 Å². The van der Waals surface area contributed by atoms with E-state index in [1.165, 1.54) is 24.3 Å². The summed E-state index contributed by atoms with van der Waals surface area (Å²) in [5, 5.41) is 9.98. The van der Waals surface area contributed by atoms with E-state index in [1.807, 2.05) is 0 Å². The molecule has 3 rings (SSSR count). The third-order valence-electron chi connectivity index (χ3n) is 3.42. The van der Waals surface area contributed by atoms with Crippen LogP contribution in [0.5, 0.6) is 0 Å². The molecule has 0 fully saturated rings. The van der Waals surface area contributed by atoms with Crippen molar-refractivity contribution in [2.75, 3.05) is 0 Å². The lowest BCUT2D eigenvalue weighted by Crippen LogP contribution is -2.00. The van der Waals surface area contributed by atoms with Gasteiger partial charge in [-0.2, -0.15) is 0 Å². The fourth-order valence-corrected chi connectivity index (χ4v) is 2.83. The van der Waals surface area contributed by atoms with Crippen molar-refractivity contribution >= 4 is 32.8 Å². The quantitative estimate of drug-likeness (QED) is 0.673. The van der Waals surface area contributed by atoms with Crippen LogP contribution in [0.15, 0.2) is 53.0 Å². The van der Waals surface area contributed by atoms with E-state index in [2.05, 4.69) is 20.9 Å². The van der Waals surface area contributed by atoms with Gasteiger partial charge < -0.3 is 5.11 Å². The summed E-state index contributed by atoms with van der Waals surface area (Å²) in [5.74, 6) is -1.10. The minimum Gasteiger partial charge on any atom is -0.478 e. The molecular formula is C17H10BrF2NO2. The minimum atomic E-state index is -2.57. The second-order valence-electron chi connectivity index (χ2n) is 4.95. The van der Waals surface area contributed by atoms with Gasteiger partial charge in [0.05, 0.1) is 16.8 Å². The first kappa shape index (κ1) is 15.6. The number of benzene rings is 2. The van der Waals surface area contributed by atoms with E-state index in [0.717, 1.165) is 0 Å². The van der Waals surface area contributed by atoms with Gasteiger partial charge in [0.15, 0.2) is 0 Å². The Morgan fingerprint density at radius 3 is 2.61 bits per heavy atom. The monoisotopic (exact) mass is 377 g/mol. The minimum absolute atomic E-state index is 0.0567. The van der Waals surface area contributed by atoms with Crippen LogP contribution in [0.4, 0.5) is 8.78 Å². The molecule has 0 saturated carbocycles. The van der Waals surface area contributed by atoms with Crippen LogP contribution in [0.25, 0.3) is 22.2 Å². The lowest BCUT2D eigenvalue weighted by Gasteiger charge is -2.08. The number of halogens is 3. The normalized spacial score (nSPS) is 11.1. The van der Waals surface area contributed by atoms with Gasteiger partial charge in [-0.1, -0.05) is 40.2 Å². The fraction of sp³-hybridized carbons (Fsp3) is 0.0588. The summed E-state index contributed by atoms with van der Waals surface area (Å²) in [4.78, 5) is 15.8. The molecule has 0 radical (unpaired) electrons. The molecule has 3 aromatic rings. The Labute approximate surface area is 138 Å². The third kappa shape index (κ3) is 3.07. The van der Waals surface area contributed by atoms with E-state index in [1.54, 1.807) is 24.3 Å². The van der Waals surface area contributed by atoms with Crippen molar-refractivity contribution in [2.45, 2.75) is 6.43 Å². The molecule has 1 aromatic heterocycles. The molecule has 6 heteroatoms. The molecule has 0 unspecified atom stereocenters. The first-order chi connectivity index (χ1) is 11.0. The van der Waals surface area contributed by atoms with Crippen molar-refractivity contribution in [1.82, 2.24) is 4.98 Å². The Kier molecular flexibility index (Phi) is 4.09. The van der Waals surface area contributed by atoms with Gasteiger partial charge >= 0.3 is 5.97 Å². The summed E-state index contributed by atoms with van der Waals surface area (Å²) in [6, 6.07) is 12.5. The van der Waals surface area contributed by atoms with E-state index in [0.29, 0.717) is 26.6 Å². The zero-order valence-electron chi connectivity index (χ0n) is 11.6. The molecule has 0 bridgehead atoms. The first-order valence-corrected chi connectivity index (χ1v) is 7.47. The summed E-state index contributed by atoms with van der Waals surface area (Å²) in [7, 11) is 0. The lowest BCUT2D eigenvalue weighted by molar-refractivity contribution is 0.0698. The molecule has 1 N–H and O–H groups in total. The Hall–Kier alpha value is -2.34. The lowest BCUT2D eigenvalue weighted by atomic mass is 10.0. The van der Waals surface area contributed by atoms with Gasteiger partial charge in [0.1, 0.15) is 0 Å². The molecule has 0 atom stereocenters. The maximum atomic E-state index is 12.8. The molecule has 0 amide bonds. The Morgan fingerprint density at radius 2 is 1.91 bits per heavy atom. The smallest absolute Gasteiger partial charge is 0.337 e. The summed E-state index contributed by atoms with van der Waals surface area (Å²) < 4.78 is 26.3. The Balaban J connectivity index is 2.20. The standard InChI is InChI=1S/C17H10BrF2NO2/c18-12-7-10-4-5-14(21-15(10)13(8-12)17(22)23)9-2-1-3-11(6-9)16(19)20/h1-8,16H,(H,22,23). The SMILES string of the molecule is O=C(O)c1cc(Br)cc2ccc(-c3cccc(C(F)F)c3)nc12. The second kappa shape index (κ2) is 6.04. The van der Waals surface area contributed by atoms with Crippen LogP contribution in [0, 0.1) is 0 Å². The largest absolute Gasteiger partial charge is 0.478 e. The second-order valence-corrected chi connectivity index (χ2v) is 5.87. The molecule has 0 saturated heterocycles. The number of carboxylic acid groups (broad SMARTS) is 1. The van der Waals surface area contributed by atoms with Gasteiger partial charge in [-0.3, -0.25) is 0 Å². The van der Waals surface area contributed by atoms with Crippen LogP contribution < -0.4 is 0 Å². The zero-order chi connectivity index (χ0) is 16.6. The number of pyridine rings is 1. The van der Waals surface area contributed by atoms with Crippen LogP contribution in [0.2, 0.25) is 0 Å². The number of alkyl halides is 2. The molecule has 116 valence electrons. The van der Waals surface area contributed by atoms with Crippen LogP contribution in [0.3, 0.4) is 0 Å². The topological polar surface area (TPSA) is 50.2 Å². The molecule has 1 heterocycles. The number of nitrogens with zero attached hydrogens (tertiary/aromatic N) is 1. The number of hydrogen-bond acceptors (Lipinski definition) is 2. The van der Waals surface area contributed by atoms with Crippen molar-refractivity contribution in [3.05, 3.63) is 64.1 Å². The van der Waals surface area contributed by atoms with Gasteiger partial charge in [0.2, 0.25) is 0 Å². The molecule has 0 aliphatic rings. The van der Waals surface area contributed by atoms with Gasteiger partial charge in [-0.25, -0.2) is 18.6 Å². The highest BCUT2D eigenvalue weighted by Gasteiger charge is 2.14. The summed E-state index contributed by atoms with van der Waals surface area (Å²) in [6.07, 6.45) is -2.57. The summed E-state index contributed by atoms with van der Waals surface area (Å²) in [6.45, 7) is 0. The van der Waals surface area contributed by atoms with E-state index in [9.17, 15) is 18.7 Å². The van der Waals surface area contributed by atoms with E-state index in [4.69, 9.17) is 0 Å². The molecule has 0 aliphatic heterocycles. The molecule has 2 aromatic carbocycles. The maximum Gasteiger partial charge on any atom is 0.337 e. The molecular weight excluding hydrogens is 368 g/mol. The average molecular weight is 378 g/mol. The maximum absolute atomic E-state index is 12.8. The molecule has 0 spiro atoms. The zero-order valence-corrected chi connectivity index (χ0v) is 13.2. The van der Waals surface area contributed by atoms with E-state index in [-0.39, 0.29) is 11.1 Å². The predicted molar refractivity (Wildman–Crippen MR) is 86.8 cm³/mol. The van der Waals surface area contributed by atoms with Gasteiger partial charge in [-0.15, -0.1) is 0 Å². The fourth-order valence-electron chi connectivity index (χ4n) is 2.36. The first-order valence-electron chi connectivity index (χ1n) is 6.68. The Morgan fingerprint density at radius 1 is 1.13 bits per heavy atom. The van der Waals surface area contributed by atoms with Gasteiger partial charge in [0, 0.05) is 21.0 Å².